The zero-order valence-electron chi connectivity index (χ0n) is 32.4. The first kappa shape index (κ1) is 40.6. The lowest BCUT2D eigenvalue weighted by atomic mass is 9.90. The lowest BCUT2D eigenvalue weighted by molar-refractivity contribution is 0.0982. The Morgan fingerprint density at radius 2 is 1.00 bits per heavy atom. The highest BCUT2D eigenvalue weighted by Gasteiger charge is 2.33. The highest BCUT2D eigenvalue weighted by molar-refractivity contribution is 7.20. The van der Waals surface area contributed by atoms with E-state index in [1.165, 1.54) is 61.0 Å². The monoisotopic (exact) mass is 841 g/mol. The third-order valence-electron chi connectivity index (χ3n) is 9.55. The van der Waals surface area contributed by atoms with E-state index in [1.54, 1.807) is 60.2 Å². The van der Waals surface area contributed by atoms with Crippen molar-refractivity contribution < 1.29 is 42.4 Å². The second-order valence-corrected chi connectivity index (χ2v) is 16.4. The van der Waals surface area contributed by atoms with Crippen LogP contribution in [0.3, 0.4) is 0 Å². The number of aliphatic hydroxyl groups is 1. The molecule has 6 heterocycles. The number of halogens is 2. The molecular weight excluding hydrogens is 805 g/mol. The average molecular weight is 842 g/mol. The van der Waals surface area contributed by atoms with E-state index in [0.29, 0.717) is 37.1 Å². The van der Waals surface area contributed by atoms with Crippen LogP contribution in [0.4, 0.5) is 8.78 Å². The van der Waals surface area contributed by atoms with E-state index in [-0.39, 0.29) is 11.6 Å². The Hall–Kier alpha value is -5.61. The van der Waals surface area contributed by atoms with Crippen molar-refractivity contribution in [2.45, 2.75) is 39.2 Å². The second kappa shape index (κ2) is 16.7. The van der Waals surface area contributed by atoms with Crippen LogP contribution in [0.5, 0.6) is 23.0 Å². The van der Waals surface area contributed by atoms with E-state index in [2.05, 4.69) is 15.0 Å². The largest absolute Gasteiger partial charge is 0.495 e. The number of hydrogen-bond donors (Lipinski definition) is 1. The maximum absolute atomic E-state index is 13.6. The van der Waals surface area contributed by atoms with Gasteiger partial charge in [-0.05, 0) is 57.2 Å². The van der Waals surface area contributed by atoms with E-state index in [4.69, 9.17) is 18.9 Å². The third-order valence-corrected chi connectivity index (χ3v) is 13.4. The van der Waals surface area contributed by atoms with E-state index in [9.17, 15) is 23.5 Å². The van der Waals surface area contributed by atoms with Crippen molar-refractivity contribution in [1.82, 2.24) is 15.0 Å². The smallest absolute Gasteiger partial charge is 0.204 e. The molecule has 0 aliphatic heterocycles. The van der Waals surface area contributed by atoms with Crippen molar-refractivity contribution in [1.29, 1.82) is 0 Å². The average Bonchev–Trinajstić information content (AvgIpc) is 4.00. The molecule has 9 rings (SSSR count). The molecule has 15 heteroatoms. The van der Waals surface area contributed by atoms with Crippen LogP contribution in [0.2, 0.25) is 0 Å². The number of aliphatic hydroxyl groups excluding tert-OH is 1. The number of pyridine rings is 3. The van der Waals surface area contributed by atoms with Crippen LogP contribution >= 0.6 is 34.0 Å². The molecule has 0 bridgehead atoms. The van der Waals surface area contributed by atoms with Crippen LogP contribution in [0.15, 0.2) is 73.6 Å². The van der Waals surface area contributed by atoms with E-state index < -0.39 is 18.4 Å². The number of carbonyl (C=O) groups is 2. The molecule has 8 aromatic rings. The van der Waals surface area contributed by atoms with E-state index in [1.807, 2.05) is 24.3 Å². The molecule has 10 nitrogen and oxygen atoms in total. The lowest BCUT2D eigenvalue weighted by Crippen LogP contribution is -2.18. The molecule has 0 radical (unpaired) electrons. The molecule has 1 aliphatic carbocycles. The number of aromatic nitrogens is 3. The Bertz CT molecular complexity index is 2540. The summed E-state index contributed by atoms with van der Waals surface area (Å²) in [5, 5.41) is 15.3. The zero-order valence-corrected chi connectivity index (χ0v) is 34.8. The SMILES string of the molecule is CC(F)c1cc2c(s1)C(=O)c1ccncc1C2=O.COc1c2cnccc2c(OC)c2sc(C(C)F)cc12.COc1c2cnccc2c(OC)c2sc(C(C)O)cc12. The number of ketones is 2. The fourth-order valence-electron chi connectivity index (χ4n) is 6.81. The second-order valence-electron chi connectivity index (χ2n) is 13.1. The van der Waals surface area contributed by atoms with Gasteiger partial charge in [-0.15, -0.1) is 34.0 Å². The topological polar surface area (TPSA) is 130 Å². The van der Waals surface area contributed by atoms with Crippen molar-refractivity contribution in [2.24, 2.45) is 0 Å². The van der Waals surface area contributed by atoms with Crippen molar-refractivity contribution in [2.75, 3.05) is 28.4 Å². The summed E-state index contributed by atoms with van der Waals surface area (Å²) in [7, 11) is 6.54. The van der Waals surface area contributed by atoms with Gasteiger partial charge in [-0.3, -0.25) is 24.5 Å². The summed E-state index contributed by atoms with van der Waals surface area (Å²) in [5.74, 6) is 2.55. The van der Waals surface area contributed by atoms with Crippen molar-refractivity contribution in [3.05, 3.63) is 110 Å². The van der Waals surface area contributed by atoms with Gasteiger partial charge in [0.2, 0.25) is 5.78 Å². The summed E-state index contributed by atoms with van der Waals surface area (Å²) in [4.78, 5) is 38.8. The highest BCUT2D eigenvalue weighted by Crippen LogP contribution is 2.48. The predicted octanol–water partition coefficient (Wildman–Crippen LogP) is 11.0. The van der Waals surface area contributed by atoms with Crippen molar-refractivity contribution >= 4 is 87.3 Å². The number of nitrogens with zero attached hydrogens (tertiary/aromatic N) is 3. The highest BCUT2D eigenvalue weighted by atomic mass is 32.1. The molecule has 58 heavy (non-hydrogen) atoms. The molecule has 3 unspecified atom stereocenters. The fourth-order valence-corrected chi connectivity index (χ4v) is 10.1. The van der Waals surface area contributed by atoms with Crippen molar-refractivity contribution in [3.63, 3.8) is 0 Å². The molecule has 1 aliphatic rings. The third kappa shape index (κ3) is 7.12. The number of methoxy groups -OCH3 is 4. The fraction of sp³-hybridized carbons (Fsp3) is 0.233. The number of fused-ring (bicyclic) bond motifs is 6. The molecule has 0 spiro atoms. The minimum absolute atomic E-state index is 0.223. The number of rotatable bonds is 7. The van der Waals surface area contributed by atoms with Crippen LogP contribution < -0.4 is 18.9 Å². The summed E-state index contributed by atoms with van der Waals surface area (Å²) < 4.78 is 51.0. The molecule has 298 valence electrons. The van der Waals surface area contributed by atoms with Gasteiger partial charge in [-0.1, -0.05) is 0 Å². The Morgan fingerprint density at radius 1 is 0.534 bits per heavy atom. The maximum Gasteiger partial charge on any atom is 0.204 e. The van der Waals surface area contributed by atoms with Gasteiger partial charge < -0.3 is 24.1 Å². The molecular formula is C43H37F2N3O7S3. The predicted molar refractivity (Wildman–Crippen MR) is 226 cm³/mol. The van der Waals surface area contributed by atoms with Gasteiger partial charge in [-0.25, -0.2) is 8.78 Å². The molecule has 1 N–H and O–H groups in total. The zero-order chi connectivity index (χ0) is 41.4. The molecule has 3 atom stereocenters. The molecule has 0 amide bonds. The minimum Gasteiger partial charge on any atom is -0.495 e. The van der Waals surface area contributed by atoms with Gasteiger partial charge >= 0.3 is 0 Å². The molecule has 6 aromatic heterocycles. The Morgan fingerprint density at radius 3 is 1.50 bits per heavy atom. The first-order valence-corrected chi connectivity index (χ1v) is 20.3. The van der Waals surface area contributed by atoms with Crippen LogP contribution in [0.25, 0.3) is 41.7 Å². The van der Waals surface area contributed by atoms with E-state index >= 15 is 0 Å². The number of thiophene rings is 3. The van der Waals surface area contributed by atoms with Crippen LogP contribution in [0, 0.1) is 0 Å². The summed E-state index contributed by atoms with van der Waals surface area (Å²) in [6.07, 6.45) is 7.12. The summed E-state index contributed by atoms with van der Waals surface area (Å²) in [6.45, 7) is 4.68. The summed E-state index contributed by atoms with van der Waals surface area (Å²) in [5.41, 5.74) is 0.943. The number of carbonyl (C=O) groups excluding carboxylic acids is 2. The number of hydrogen-bond acceptors (Lipinski definition) is 13. The standard InChI is InChI=1S/C15H14FNO2S.C15H15NO3S.C13H8FNO2S/c1-8(16)12-6-10-13(18-2)11-7-17-5-4-9(11)14(19-3)15(10)20-12;1-8(17)12-6-10-13(18-2)11-7-16-5-4-9(11)14(19-3)15(10)20-12;1-6(14)10-4-8-11(16)9-5-15-3-2-7(9)12(17)13(8)18-10/h4-8H,1-3H3;4-8,17H,1-3H3;2-6H,1H3. The molecule has 2 aromatic carbocycles. The van der Waals surface area contributed by atoms with Gasteiger partial charge in [0.15, 0.2) is 5.78 Å². The Labute approximate surface area is 343 Å². The number of alkyl halides is 2. The molecule has 0 fully saturated rings. The van der Waals surface area contributed by atoms with E-state index in [0.717, 1.165) is 75.2 Å². The van der Waals surface area contributed by atoms with Crippen molar-refractivity contribution in [3.8, 4) is 23.0 Å². The van der Waals surface area contributed by atoms with Crippen LogP contribution in [-0.4, -0.2) is 60.1 Å². The Balaban J connectivity index is 0.000000133. The summed E-state index contributed by atoms with van der Waals surface area (Å²) >= 11 is 3.98. The Kier molecular flexibility index (Phi) is 11.7. The number of ether oxygens (including phenoxy) is 4. The quantitative estimate of drug-likeness (QED) is 0.165. The molecule has 0 saturated carbocycles. The van der Waals surface area contributed by atoms with Gasteiger partial charge in [-0.2, -0.15) is 0 Å². The van der Waals surface area contributed by atoms with Crippen LogP contribution in [0.1, 0.15) is 85.0 Å². The van der Waals surface area contributed by atoms with Gasteiger partial charge in [0.05, 0.1) is 54.4 Å². The summed E-state index contributed by atoms with van der Waals surface area (Å²) in [6, 6.07) is 10.6. The first-order valence-electron chi connectivity index (χ1n) is 17.9. The van der Waals surface area contributed by atoms with Gasteiger partial charge in [0.1, 0.15) is 35.3 Å². The molecule has 0 saturated heterocycles. The first-order chi connectivity index (χ1) is 27.9. The normalized spacial score (nSPS) is 13.6. The minimum atomic E-state index is -1.18. The van der Waals surface area contributed by atoms with Crippen LogP contribution in [-0.2, 0) is 0 Å². The van der Waals surface area contributed by atoms with Gasteiger partial charge in [0.25, 0.3) is 0 Å². The lowest BCUT2D eigenvalue weighted by Gasteiger charge is -2.12. The number of benzene rings is 2. The van der Waals surface area contributed by atoms with Gasteiger partial charge in [0, 0.05) is 95.3 Å². The maximum atomic E-state index is 13.6.